The summed E-state index contributed by atoms with van der Waals surface area (Å²) < 4.78 is 0. The Bertz CT molecular complexity index is 1930. The van der Waals surface area contributed by atoms with Gasteiger partial charge in [0.2, 0.25) is 41.4 Å². The Morgan fingerprint density at radius 2 is 1.03 bits per heavy atom. The highest BCUT2D eigenvalue weighted by molar-refractivity contribution is 5.96. The number of phenols is 1. The maximum absolute atomic E-state index is 14.1. The molecule has 0 saturated heterocycles. The number of unbranched alkanes of at least 4 members (excludes halogenated alkanes) is 1. The first-order valence-corrected chi connectivity index (χ1v) is 19.7. The molecule has 3 aromatic carbocycles. The number of carboxylic acids is 1. The molecule has 0 saturated carbocycles. The molecule has 3 aromatic rings. The monoisotopic (exact) mass is 845 g/mol. The smallest absolute Gasteiger partial charge is 0.326 e. The Balaban J connectivity index is 1.72. The number of aliphatic carboxylic acids is 1. The number of primary amides is 1. The van der Waals surface area contributed by atoms with Crippen LogP contribution in [0, 0.1) is 0 Å². The van der Waals surface area contributed by atoms with Gasteiger partial charge in [-0.25, -0.2) is 4.79 Å². The molecule has 0 spiro atoms. The molecule has 0 aromatic heterocycles. The van der Waals surface area contributed by atoms with E-state index in [1.54, 1.807) is 72.8 Å². The summed E-state index contributed by atoms with van der Waals surface area (Å²) in [6.07, 6.45) is 0.483. The highest BCUT2D eigenvalue weighted by atomic mass is 16.4. The van der Waals surface area contributed by atoms with Gasteiger partial charge in [-0.1, -0.05) is 72.8 Å². The molecule has 0 unspecified atom stereocenters. The summed E-state index contributed by atoms with van der Waals surface area (Å²) in [4.78, 5) is 103. The van der Waals surface area contributed by atoms with Crippen LogP contribution in [0.1, 0.15) is 48.8 Å². The second kappa shape index (κ2) is 25.6. The number of carbonyl (C=O) groups is 8. The minimum Gasteiger partial charge on any atom is -0.508 e. The second-order valence-electron chi connectivity index (χ2n) is 14.3. The zero-order valence-electron chi connectivity index (χ0n) is 33.6. The van der Waals surface area contributed by atoms with Crippen LogP contribution in [0.25, 0.3) is 0 Å². The van der Waals surface area contributed by atoms with E-state index in [1.165, 1.54) is 12.1 Å². The van der Waals surface area contributed by atoms with E-state index in [4.69, 9.17) is 17.2 Å². The number of carboxylic acid groups (broad SMARTS) is 1. The van der Waals surface area contributed by atoms with Gasteiger partial charge in [0, 0.05) is 19.3 Å². The van der Waals surface area contributed by atoms with Crippen LogP contribution in [0.5, 0.6) is 5.75 Å². The number of nitrogens with two attached hydrogens (primary N) is 3. The van der Waals surface area contributed by atoms with Crippen LogP contribution < -0.4 is 49.1 Å². The van der Waals surface area contributed by atoms with Gasteiger partial charge < -0.3 is 59.3 Å². The Labute approximate surface area is 353 Å². The molecule has 328 valence electrons. The van der Waals surface area contributed by atoms with E-state index in [9.17, 15) is 48.6 Å². The predicted octanol–water partition coefficient (Wildman–Crippen LogP) is -1.60. The normalized spacial score (nSPS) is 13.2. The van der Waals surface area contributed by atoms with Crippen molar-refractivity contribution < 1.29 is 48.6 Å². The number of aromatic hydroxyl groups is 1. The van der Waals surface area contributed by atoms with Gasteiger partial charge in [-0.05, 0) is 67.5 Å². The third-order valence-electron chi connectivity index (χ3n) is 9.32. The molecule has 0 aliphatic carbocycles. The molecule has 61 heavy (non-hydrogen) atoms. The van der Waals surface area contributed by atoms with Gasteiger partial charge in [-0.15, -0.1) is 0 Å². The molecule has 19 nitrogen and oxygen atoms in total. The molecule has 0 bridgehead atoms. The van der Waals surface area contributed by atoms with E-state index in [0.29, 0.717) is 36.1 Å². The van der Waals surface area contributed by atoms with Gasteiger partial charge in [0.25, 0.3) is 0 Å². The van der Waals surface area contributed by atoms with Crippen molar-refractivity contribution in [2.75, 3.05) is 19.6 Å². The third-order valence-corrected chi connectivity index (χ3v) is 9.32. The van der Waals surface area contributed by atoms with Crippen LogP contribution in [0.15, 0.2) is 84.9 Å². The van der Waals surface area contributed by atoms with Crippen LogP contribution in [-0.4, -0.2) is 107 Å². The summed E-state index contributed by atoms with van der Waals surface area (Å²) in [6, 6.07) is 17.1. The summed E-state index contributed by atoms with van der Waals surface area (Å²) in [5.41, 5.74) is 18.8. The Kier molecular flexibility index (Phi) is 20.3. The fraction of sp³-hybridized carbons (Fsp3) is 0.381. The van der Waals surface area contributed by atoms with Crippen molar-refractivity contribution in [3.63, 3.8) is 0 Å². The lowest BCUT2D eigenvalue weighted by molar-refractivity contribution is -0.142. The topological polar surface area (TPSA) is 327 Å². The van der Waals surface area contributed by atoms with E-state index < -0.39 is 90.6 Å². The number of nitrogens with one attached hydrogen (secondary N) is 6. The molecule has 0 aliphatic heterocycles. The first-order valence-electron chi connectivity index (χ1n) is 19.7. The van der Waals surface area contributed by atoms with Gasteiger partial charge in [-0.2, -0.15) is 0 Å². The van der Waals surface area contributed by atoms with Crippen molar-refractivity contribution in [2.24, 2.45) is 17.2 Å². The summed E-state index contributed by atoms with van der Waals surface area (Å²) >= 11 is 0. The summed E-state index contributed by atoms with van der Waals surface area (Å²) in [5.74, 6) is -6.70. The molecule has 19 heteroatoms. The van der Waals surface area contributed by atoms with Crippen LogP contribution in [0.4, 0.5) is 0 Å². The number of hydrogen-bond acceptors (Lipinski definition) is 11. The fourth-order valence-corrected chi connectivity index (χ4v) is 6.00. The predicted molar refractivity (Wildman–Crippen MR) is 223 cm³/mol. The quantitative estimate of drug-likeness (QED) is 0.0407. The van der Waals surface area contributed by atoms with Crippen LogP contribution >= 0.6 is 0 Å². The Morgan fingerprint density at radius 1 is 0.541 bits per heavy atom. The van der Waals surface area contributed by atoms with Gasteiger partial charge >= 0.3 is 5.97 Å². The van der Waals surface area contributed by atoms with Crippen molar-refractivity contribution in [3.8, 4) is 5.75 Å². The minimum absolute atomic E-state index is 0.0289. The van der Waals surface area contributed by atoms with Crippen LogP contribution in [-0.2, 0) is 57.6 Å². The third kappa shape index (κ3) is 18.3. The zero-order chi connectivity index (χ0) is 44.7. The molecular formula is C42H55N9O10. The number of benzene rings is 3. The van der Waals surface area contributed by atoms with Crippen molar-refractivity contribution >= 4 is 47.3 Å². The van der Waals surface area contributed by atoms with Gasteiger partial charge in [0.15, 0.2) is 0 Å². The van der Waals surface area contributed by atoms with E-state index in [0.717, 1.165) is 0 Å². The lowest BCUT2D eigenvalue weighted by Gasteiger charge is -2.26. The zero-order valence-corrected chi connectivity index (χ0v) is 33.6. The number of rotatable bonds is 26. The number of hydrogen-bond donors (Lipinski definition) is 11. The maximum atomic E-state index is 14.1. The summed E-state index contributed by atoms with van der Waals surface area (Å²) in [7, 11) is 0. The number of amides is 7. The molecule has 0 aliphatic rings. The van der Waals surface area contributed by atoms with Crippen molar-refractivity contribution in [3.05, 3.63) is 102 Å². The average Bonchev–Trinajstić information content (AvgIpc) is 3.23. The lowest BCUT2D eigenvalue weighted by Crippen LogP contribution is -2.59. The fourth-order valence-electron chi connectivity index (χ4n) is 6.00. The van der Waals surface area contributed by atoms with Gasteiger partial charge in [0.1, 0.15) is 29.9 Å². The number of carbonyl (C=O) groups excluding carboxylic acids is 7. The first-order chi connectivity index (χ1) is 29.1. The standard InChI is InChI=1S/C42H55N9O10/c43-20-8-7-13-32(42(60)61)49-40(58)33(22-26-9-3-1-4-10-26)51-41(59)34(23-27-11-5-2-6-12-27)50-39(57)31(18-19-35(45)53)48-37(55)25-46-36(54)24-47-38(56)30(44)21-28-14-16-29(52)17-15-28/h1-6,9-12,14-17,30-34,52H,7-8,13,18-25,43-44H2,(H2,45,53)(H,46,54)(H,47,56)(H,48,55)(H,49,58)(H,50,57)(H,51,59)(H,60,61)/t30-,31-,32-,33-,34-/m0/s1. The lowest BCUT2D eigenvalue weighted by atomic mass is 10.0. The molecule has 0 heterocycles. The maximum Gasteiger partial charge on any atom is 0.326 e. The van der Waals surface area contributed by atoms with E-state index >= 15 is 0 Å². The summed E-state index contributed by atoms with van der Waals surface area (Å²) in [5, 5.41) is 34.2. The largest absolute Gasteiger partial charge is 0.508 e. The summed E-state index contributed by atoms with van der Waals surface area (Å²) in [6.45, 7) is -0.818. The Hall–Kier alpha value is -6.86. The minimum atomic E-state index is -1.42. The van der Waals surface area contributed by atoms with Crippen molar-refractivity contribution in [1.29, 1.82) is 0 Å². The number of phenolic OH excluding ortho intramolecular Hbond substituents is 1. The van der Waals surface area contributed by atoms with E-state index in [1.807, 2.05) is 0 Å². The highest BCUT2D eigenvalue weighted by Crippen LogP contribution is 2.12. The van der Waals surface area contributed by atoms with Crippen molar-refractivity contribution in [1.82, 2.24) is 31.9 Å². The van der Waals surface area contributed by atoms with Gasteiger partial charge in [0.05, 0.1) is 19.1 Å². The van der Waals surface area contributed by atoms with E-state index in [2.05, 4.69) is 31.9 Å². The average molecular weight is 846 g/mol. The first kappa shape index (κ1) is 48.5. The van der Waals surface area contributed by atoms with Gasteiger partial charge in [-0.3, -0.25) is 33.6 Å². The molecular weight excluding hydrogens is 791 g/mol. The van der Waals surface area contributed by atoms with Crippen molar-refractivity contribution in [2.45, 2.75) is 81.6 Å². The Morgan fingerprint density at radius 3 is 1.54 bits per heavy atom. The molecule has 0 fully saturated rings. The van der Waals surface area contributed by atoms with E-state index in [-0.39, 0.29) is 44.3 Å². The molecule has 5 atom stereocenters. The van der Waals surface area contributed by atoms with Crippen LogP contribution in [0.2, 0.25) is 0 Å². The van der Waals surface area contributed by atoms with Crippen LogP contribution in [0.3, 0.4) is 0 Å². The molecule has 3 rings (SSSR count). The second-order valence-corrected chi connectivity index (χ2v) is 14.3. The SMILES string of the molecule is NCCCC[C@H](NC(=O)[C@H](Cc1ccccc1)NC(=O)[C@H](Cc1ccccc1)NC(=O)[C@H](CCC(N)=O)NC(=O)CNC(=O)CNC(=O)[C@@H](N)Cc1ccc(O)cc1)C(=O)O. The molecule has 0 radical (unpaired) electrons. The molecule has 7 amide bonds. The molecule has 14 N–H and O–H groups in total. The highest BCUT2D eigenvalue weighted by Gasteiger charge is 2.32.